The summed E-state index contributed by atoms with van der Waals surface area (Å²) in [6, 6.07) is 15.6. The molecule has 1 aromatic heterocycles. The summed E-state index contributed by atoms with van der Waals surface area (Å²) in [7, 11) is 0. The van der Waals surface area contributed by atoms with Crippen molar-refractivity contribution in [2.75, 3.05) is 18.4 Å². The van der Waals surface area contributed by atoms with Crippen LogP contribution in [-0.2, 0) is 0 Å². The van der Waals surface area contributed by atoms with Gasteiger partial charge >= 0.3 is 0 Å². The van der Waals surface area contributed by atoms with Gasteiger partial charge in [-0.2, -0.15) is 5.10 Å². The number of carbonyl (C=O) groups is 1. The highest BCUT2D eigenvalue weighted by atomic mass is 35.5. The number of halogens is 1. The minimum Gasteiger partial charge on any atom is -0.322 e. The van der Waals surface area contributed by atoms with Crippen molar-refractivity contribution in [2.45, 2.75) is 38.5 Å². The molecule has 2 N–H and O–H groups in total. The van der Waals surface area contributed by atoms with E-state index in [1.54, 1.807) is 30.5 Å². The lowest BCUT2D eigenvalue weighted by atomic mass is 9.91. The largest absolute Gasteiger partial charge is 0.322 e. The number of anilines is 1. The SMILES string of the molecule is CC(C)c1ccc(-n2ncc(C(=O)Nc3ccc(Cl)cc3)c2C2CCNCC2)cc1. The molecule has 0 radical (unpaired) electrons. The van der Waals surface area contributed by atoms with Gasteiger partial charge in [-0.25, -0.2) is 4.68 Å². The number of hydrogen-bond acceptors (Lipinski definition) is 3. The Morgan fingerprint density at radius 1 is 1.10 bits per heavy atom. The lowest BCUT2D eigenvalue weighted by molar-refractivity contribution is 0.102. The third-order valence-corrected chi connectivity index (χ3v) is 5.94. The molecular weight excluding hydrogens is 396 g/mol. The van der Waals surface area contributed by atoms with Crippen LogP contribution in [0.25, 0.3) is 5.69 Å². The van der Waals surface area contributed by atoms with E-state index in [0.29, 0.717) is 16.5 Å². The Bertz CT molecular complexity index is 1000. The van der Waals surface area contributed by atoms with E-state index in [4.69, 9.17) is 11.6 Å². The summed E-state index contributed by atoms with van der Waals surface area (Å²) in [5.41, 5.74) is 4.60. The van der Waals surface area contributed by atoms with Crippen molar-refractivity contribution in [1.82, 2.24) is 15.1 Å². The number of nitrogens with one attached hydrogen (secondary N) is 2. The van der Waals surface area contributed by atoms with Crippen molar-refractivity contribution < 1.29 is 4.79 Å². The van der Waals surface area contributed by atoms with Crippen LogP contribution < -0.4 is 10.6 Å². The first-order valence-corrected chi connectivity index (χ1v) is 10.9. The number of amides is 1. The Morgan fingerprint density at radius 2 is 1.77 bits per heavy atom. The lowest BCUT2D eigenvalue weighted by Crippen LogP contribution is -2.29. The lowest BCUT2D eigenvalue weighted by Gasteiger charge is -2.25. The molecule has 156 valence electrons. The third kappa shape index (κ3) is 4.42. The van der Waals surface area contributed by atoms with Crippen LogP contribution in [-0.4, -0.2) is 28.8 Å². The topological polar surface area (TPSA) is 59.0 Å². The van der Waals surface area contributed by atoms with Gasteiger partial charge in [0.1, 0.15) is 0 Å². The molecular formula is C24H27ClN4O. The van der Waals surface area contributed by atoms with E-state index in [9.17, 15) is 4.79 Å². The number of piperidine rings is 1. The Morgan fingerprint density at radius 3 is 2.40 bits per heavy atom. The molecule has 5 nitrogen and oxygen atoms in total. The second-order valence-electron chi connectivity index (χ2n) is 8.09. The van der Waals surface area contributed by atoms with Crippen LogP contribution in [0.3, 0.4) is 0 Å². The van der Waals surface area contributed by atoms with Crippen molar-refractivity contribution in [3.63, 3.8) is 0 Å². The van der Waals surface area contributed by atoms with Gasteiger partial charge in [0.15, 0.2) is 0 Å². The standard InChI is InChI=1S/C24H27ClN4O/c1-16(2)17-3-9-21(10-4-17)29-23(18-11-13-26-14-12-18)22(15-27-29)24(30)28-20-7-5-19(25)6-8-20/h3-10,15-16,18,26H,11-14H2,1-2H3,(H,28,30). The van der Waals surface area contributed by atoms with Crippen molar-refractivity contribution in [3.8, 4) is 5.69 Å². The summed E-state index contributed by atoms with van der Waals surface area (Å²) in [6.07, 6.45) is 3.66. The van der Waals surface area contributed by atoms with Crippen LogP contribution in [0.2, 0.25) is 5.02 Å². The zero-order valence-electron chi connectivity index (χ0n) is 17.4. The molecule has 1 saturated heterocycles. The molecule has 0 saturated carbocycles. The first kappa shape index (κ1) is 20.6. The number of rotatable bonds is 5. The first-order valence-electron chi connectivity index (χ1n) is 10.5. The molecule has 1 amide bonds. The maximum atomic E-state index is 13.1. The summed E-state index contributed by atoms with van der Waals surface area (Å²) in [5.74, 6) is 0.613. The second-order valence-corrected chi connectivity index (χ2v) is 8.52. The minimum absolute atomic E-state index is 0.143. The van der Waals surface area contributed by atoms with Crippen LogP contribution >= 0.6 is 11.6 Å². The van der Waals surface area contributed by atoms with Gasteiger partial charge in [-0.3, -0.25) is 4.79 Å². The average molecular weight is 423 g/mol. The molecule has 30 heavy (non-hydrogen) atoms. The van der Waals surface area contributed by atoms with Gasteiger partial charge in [-0.1, -0.05) is 37.6 Å². The minimum atomic E-state index is -0.143. The molecule has 1 aliphatic rings. The van der Waals surface area contributed by atoms with E-state index >= 15 is 0 Å². The van der Waals surface area contributed by atoms with Crippen molar-refractivity contribution in [1.29, 1.82) is 0 Å². The summed E-state index contributed by atoms with van der Waals surface area (Å²) >= 11 is 5.96. The Hall–Kier alpha value is -2.63. The Balaban J connectivity index is 1.69. The van der Waals surface area contributed by atoms with Crippen molar-refractivity contribution in [3.05, 3.63) is 76.6 Å². The average Bonchev–Trinajstić information content (AvgIpc) is 3.21. The van der Waals surface area contributed by atoms with Crippen molar-refractivity contribution >= 4 is 23.2 Å². The number of nitrogens with zero attached hydrogens (tertiary/aromatic N) is 2. The third-order valence-electron chi connectivity index (χ3n) is 5.68. The Labute approximate surface area is 182 Å². The predicted molar refractivity (Wildman–Crippen MR) is 122 cm³/mol. The van der Waals surface area contributed by atoms with E-state index in [-0.39, 0.29) is 11.8 Å². The molecule has 1 fully saturated rings. The number of aromatic nitrogens is 2. The number of hydrogen-bond donors (Lipinski definition) is 2. The van der Waals surface area contributed by atoms with E-state index in [2.05, 4.69) is 53.8 Å². The van der Waals surface area contributed by atoms with Gasteiger partial charge in [0.2, 0.25) is 0 Å². The number of carbonyl (C=O) groups excluding carboxylic acids is 1. The predicted octanol–water partition coefficient (Wildman–Crippen LogP) is 5.37. The molecule has 0 bridgehead atoms. The monoisotopic (exact) mass is 422 g/mol. The molecule has 3 aromatic rings. The maximum Gasteiger partial charge on any atom is 0.259 e. The van der Waals surface area contributed by atoms with Gasteiger partial charge in [0.05, 0.1) is 23.1 Å². The maximum absolute atomic E-state index is 13.1. The quantitative estimate of drug-likeness (QED) is 0.581. The highest BCUT2D eigenvalue weighted by Crippen LogP contribution is 2.31. The summed E-state index contributed by atoms with van der Waals surface area (Å²) in [5, 5.41) is 11.7. The summed E-state index contributed by atoms with van der Waals surface area (Å²) in [4.78, 5) is 13.1. The fourth-order valence-electron chi connectivity index (χ4n) is 3.96. The zero-order chi connectivity index (χ0) is 21.1. The van der Waals surface area contributed by atoms with Gasteiger partial charge < -0.3 is 10.6 Å². The second kappa shape index (κ2) is 9.02. The van der Waals surface area contributed by atoms with Gasteiger partial charge in [0, 0.05) is 16.6 Å². The summed E-state index contributed by atoms with van der Waals surface area (Å²) < 4.78 is 1.94. The van der Waals surface area contributed by atoms with Crippen LogP contribution in [0.4, 0.5) is 5.69 Å². The van der Waals surface area contributed by atoms with Crippen LogP contribution in [0, 0.1) is 0 Å². The normalized spacial score (nSPS) is 14.8. The fourth-order valence-corrected chi connectivity index (χ4v) is 4.08. The van der Waals surface area contributed by atoms with Crippen LogP contribution in [0.15, 0.2) is 54.7 Å². The van der Waals surface area contributed by atoms with E-state index in [1.807, 2.05) is 4.68 Å². The molecule has 0 unspecified atom stereocenters. The summed E-state index contributed by atoms with van der Waals surface area (Å²) in [6.45, 7) is 6.26. The Kier molecular flexibility index (Phi) is 6.21. The molecule has 1 aliphatic heterocycles. The molecule has 4 rings (SSSR count). The molecule has 0 aliphatic carbocycles. The molecule has 0 atom stereocenters. The number of benzene rings is 2. The molecule has 6 heteroatoms. The van der Waals surface area contributed by atoms with E-state index < -0.39 is 0 Å². The van der Waals surface area contributed by atoms with Crippen molar-refractivity contribution in [2.24, 2.45) is 0 Å². The van der Waals surface area contributed by atoms with Gasteiger partial charge in [-0.15, -0.1) is 0 Å². The molecule has 2 heterocycles. The smallest absolute Gasteiger partial charge is 0.259 e. The van der Waals surface area contributed by atoms with Gasteiger partial charge in [0.25, 0.3) is 5.91 Å². The fraction of sp³-hybridized carbons (Fsp3) is 0.333. The highest BCUT2D eigenvalue weighted by molar-refractivity contribution is 6.30. The molecule has 2 aromatic carbocycles. The van der Waals surface area contributed by atoms with Crippen LogP contribution in [0.5, 0.6) is 0 Å². The first-order chi connectivity index (χ1) is 14.5. The van der Waals surface area contributed by atoms with Crippen LogP contribution in [0.1, 0.15) is 60.1 Å². The van der Waals surface area contributed by atoms with Gasteiger partial charge in [-0.05, 0) is 73.8 Å². The van der Waals surface area contributed by atoms with E-state index in [1.165, 1.54) is 5.56 Å². The zero-order valence-corrected chi connectivity index (χ0v) is 18.1. The molecule has 0 spiro atoms. The van der Waals surface area contributed by atoms with E-state index in [0.717, 1.165) is 43.0 Å². The highest BCUT2D eigenvalue weighted by Gasteiger charge is 2.27.